The molecule has 0 unspecified atom stereocenters. The van der Waals surface area contributed by atoms with Crippen LogP contribution in [-0.4, -0.2) is 40.9 Å². The minimum Gasteiger partial charge on any atom is -0.465 e. The lowest BCUT2D eigenvalue weighted by Crippen LogP contribution is -2.21. The van der Waals surface area contributed by atoms with Crippen molar-refractivity contribution in [2.75, 3.05) is 18.9 Å². The highest BCUT2D eigenvalue weighted by Gasteiger charge is 2.34. The first-order valence-corrected chi connectivity index (χ1v) is 10.0. The van der Waals surface area contributed by atoms with Gasteiger partial charge in [0.05, 0.1) is 31.0 Å². The monoisotopic (exact) mass is 511 g/mol. The largest absolute Gasteiger partial charge is 0.573 e. The number of halogens is 4. The lowest BCUT2D eigenvalue weighted by atomic mass is 10.1. The Morgan fingerprint density at radius 1 is 1.03 bits per heavy atom. The van der Waals surface area contributed by atoms with Crippen LogP contribution in [-0.2, 0) is 19.5 Å². The van der Waals surface area contributed by atoms with E-state index in [1.54, 1.807) is 0 Å². The molecule has 2 aromatic rings. The van der Waals surface area contributed by atoms with Crippen LogP contribution in [0.25, 0.3) is 0 Å². The number of hydrogen-bond acceptors (Lipinski definition) is 7. The number of rotatable bonds is 6. The van der Waals surface area contributed by atoms with Crippen molar-refractivity contribution >= 4 is 43.6 Å². The van der Waals surface area contributed by atoms with Crippen LogP contribution in [0.3, 0.4) is 0 Å². The maximum Gasteiger partial charge on any atom is 0.573 e. The average Bonchev–Trinajstić information content (AvgIpc) is 2.65. The van der Waals surface area contributed by atoms with Crippen LogP contribution in [0.4, 0.5) is 18.9 Å². The Morgan fingerprint density at radius 3 is 2.20 bits per heavy atom. The highest BCUT2D eigenvalue weighted by atomic mass is 79.9. The molecule has 0 aliphatic rings. The molecule has 0 amide bonds. The number of methoxy groups -OCH3 is 2. The number of anilines is 1. The number of esters is 2. The summed E-state index contributed by atoms with van der Waals surface area (Å²) in [5.74, 6) is -2.82. The summed E-state index contributed by atoms with van der Waals surface area (Å²) in [6.45, 7) is 0. The molecule has 2 rings (SSSR count). The first-order chi connectivity index (χ1) is 13.9. The fourth-order valence-electron chi connectivity index (χ4n) is 2.34. The van der Waals surface area contributed by atoms with Gasteiger partial charge in [-0.15, -0.1) is 13.2 Å². The number of alkyl halides is 3. The van der Waals surface area contributed by atoms with Gasteiger partial charge in [-0.2, -0.15) is 0 Å². The van der Waals surface area contributed by atoms with Crippen LogP contribution in [0.2, 0.25) is 0 Å². The Morgan fingerprint density at radius 2 is 1.63 bits per heavy atom. The van der Waals surface area contributed by atoms with E-state index < -0.39 is 39.0 Å². The first kappa shape index (κ1) is 23.5. The van der Waals surface area contributed by atoms with Gasteiger partial charge in [0.25, 0.3) is 10.0 Å². The average molecular weight is 512 g/mol. The summed E-state index contributed by atoms with van der Waals surface area (Å²) in [5, 5.41) is 0. The number of benzene rings is 2. The van der Waals surface area contributed by atoms with E-state index in [9.17, 15) is 31.2 Å². The number of para-hydroxylation sites is 1. The van der Waals surface area contributed by atoms with E-state index in [0.29, 0.717) is 0 Å². The predicted molar refractivity (Wildman–Crippen MR) is 101 cm³/mol. The number of sulfonamides is 1. The van der Waals surface area contributed by atoms with E-state index in [4.69, 9.17) is 0 Å². The normalized spacial score (nSPS) is 11.5. The first-order valence-electron chi connectivity index (χ1n) is 7.77. The summed E-state index contributed by atoms with van der Waals surface area (Å²) in [6, 6.07) is 6.21. The molecule has 0 saturated carbocycles. The summed E-state index contributed by atoms with van der Waals surface area (Å²) >= 11 is 3.04. The van der Waals surface area contributed by atoms with Crippen LogP contribution >= 0.6 is 15.9 Å². The Labute approximate surface area is 177 Å². The quantitative estimate of drug-likeness (QED) is 0.588. The Kier molecular flexibility index (Phi) is 6.98. The van der Waals surface area contributed by atoms with Crippen molar-refractivity contribution in [3.05, 3.63) is 52.0 Å². The summed E-state index contributed by atoms with van der Waals surface area (Å²) in [6.07, 6.45) is -5.12. The Hall–Kier alpha value is -2.80. The zero-order valence-corrected chi connectivity index (χ0v) is 17.6. The fourth-order valence-corrected chi connectivity index (χ4v) is 4.13. The number of carbonyl (C=O) groups is 2. The van der Waals surface area contributed by atoms with Crippen molar-refractivity contribution < 1.29 is 45.4 Å². The van der Waals surface area contributed by atoms with Crippen LogP contribution in [0.15, 0.2) is 45.8 Å². The van der Waals surface area contributed by atoms with E-state index >= 15 is 0 Å². The third-order valence-electron chi connectivity index (χ3n) is 3.50. The molecule has 2 aromatic carbocycles. The lowest BCUT2D eigenvalue weighted by molar-refractivity contribution is -0.275. The van der Waals surface area contributed by atoms with Crippen LogP contribution < -0.4 is 9.46 Å². The SMILES string of the molecule is COC(=O)c1cc(NS(=O)(=O)c2ccccc2OC(F)(F)F)cc(Br)c1C(=O)OC. The molecule has 0 radical (unpaired) electrons. The van der Waals surface area contributed by atoms with Crippen LogP contribution in [0.5, 0.6) is 5.75 Å². The molecular formula is C17H13BrF3NO7S. The Balaban J connectivity index is 2.54. The molecule has 0 atom stereocenters. The molecule has 0 aliphatic carbocycles. The summed E-state index contributed by atoms with van der Waals surface area (Å²) in [7, 11) is -2.47. The van der Waals surface area contributed by atoms with E-state index in [1.165, 1.54) is 6.07 Å². The van der Waals surface area contributed by atoms with Crippen LogP contribution in [0, 0.1) is 0 Å². The second-order valence-electron chi connectivity index (χ2n) is 5.46. The van der Waals surface area contributed by atoms with E-state index in [1.807, 2.05) is 4.72 Å². The number of carbonyl (C=O) groups excluding carboxylic acids is 2. The van der Waals surface area contributed by atoms with Gasteiger partial charge in [0.1, 0.15) is 10.6 Å². The maximum atomic E-state index is 12.7. The van der Waals surface area contributed by atoms with Crippen molar-refractivity contribution in [3.8, 4) is 5.75 Å². The van der Waals surface area contributed by atoms with Crippen molar-refractivity contribution in [2.24, 2.45) is 0 Å². The van der Waals surface area contributed by atoms with E-state index in [0.717, 1.165) is 44.6 Å². The predicted octanol–water partition coefficient (Wildman–Crippen LogP) is 3.72. The third kappa shape index (κ3) is 5.42. The van der Waals surface area contributed by atoms with Gasteiger partial charge in [0.15, 0.2) is 0 Å². The second kappa shape index (κ2) is 8.92. The summed E-state index contributed by atoms with van der Waals surface area (Å²) < 4.78 is 78.0. The molecule has 8 nitrogen and oxygen atoms in total. The summed E-state index contributed by atoms with van der Waals surface area (Å²) in [5.41, 5.74) is -0.805. The van der Waals surface area contributed by atoms with E-state index in [2.05, 4.69) is 30.1 Å². The molecule has 0 heterocycles. The minimum atomic E-state index is -5.12. The van der Waals surface area contributed by atoms with Gasteiger partial charge in [0, 0.05) is 4.47 Å². The molecule has 0 saturated heterocycles. The standard InChI is InChI=1S/C17H13BrF3NO7S/c1-27-15(23)10-7-9(8-11(18)14(10)16(24)28-2)22-30(25,26)13-6-4-3-5-12(13)29-17(19,20)21/h3-8,22H,1-2H3. The van der Waals surface area contributed by atoms with E-state index in [-0.39, 0.29) is 21.3 Å². The third-order valence-corrected chi connectivity index (χ3v) is 5.55. The highest BCUT2D eigenvalue weighted by Crippen LogP contribution is 2.32. The van der Waals surface area contributed by atoms with Gasteiger partial charge < -0.3 is 14.2 Å². The zero-order valence-electron chi connectivity index (χ0n) is 15.2. The molecule has 0 spiro atoms. The molecule has 30 heavy (non-hydrogen) atoms. The molecule has 13 heteroatoms. The Bertz CT molecular complexity index is 1090. The number of ether oxygens (including phenoxy) is 3. The van der Waals surface area contributed by atoms with Crippen molar-refractivity contribution in [3.63, 3.8) is 0 Å². The lowest BCUT2D eigenvalue weighted by Gasteiger charge is -2.16. The molecular weight excluding hydrogens is 499 g/mol. The van der Waals surface area contributed by atoms with Crippen LogP contribution in [0.1, 0.15) is 20.7 Å². The maximum absolute atomic E-state index is 12.7. The molecule has 1 N–H and O–H groups in total. The smallest absolute Gasteiger partial charge is 0.465 e. The van der Waals surface area contributed by atoms with Gasteiger partial charge in [-0.1, -0.05) is 12.1 Å². The van der Waals surface area contributed by atoms with Gasteiger partial charge in [-0.05, 0) is 40.2 Å². The van der Waals surface area contributed by atoms with Crippen molar-refractivity contribution in [2.45, 2.75) is 11.3 Å². The topological polar surface area (TPSA) is 108 Å². The van der Waals surface area contributed by atoms with Crippen molar-refractivity contribution in [1.82, 2.24) is 0 Å². The molecule has 0 fully saturated rings. The summed E-state index contributed by atoms with van der Waals surface area (Å²) in [4.78, 5) is 23.2. The van der Waals surface area contributed by atoms with Gasteiger partial charge in [-0.25, -0.2) is 18.0 Å². The molecule has 0 aliphatic heterocycles. The van der Waals surface area contributed by atoms with Gasteiger partial charge >= 0.3 is 18.3 Å². The zero-order chi connectivity index (χ0) is 22.7. The number of nitrogens with one attached hydrogen (secondary N) is 1. The molecule has 162 valence electrons. The molecule has 0 aromatic heterocycles. The van der Waals surface area contributed by atoms with Gasteiger partial charge in [0.2, 0.25) is 0 Å². The van der Waals surface area contributed by atoms with Crippen molar-refractivity contribution in [1.29, 1.82) is 0 Å². The molecule has 0 bridgehead atoms. The van der Waals surface area contributed by atoms with Gasteiger partial charge in [-0.3, -0.25) is 4.72 Å². The minimum absolute atomic E-state index is 0.0187. The second-order valence-corrected chi connectivity index (χ2v) is 7.97. The number of hydrogen-bond donors (Lipinski definition) is 1. The highest BCUT2D eigenvalue weighted by molar-refractivity contribution is 9.10. The fraction of sp³-hybridized carbons (Fsp3) is 0.176.